The highest BCUT2D eigenvalue weighted by Gasteiger charge is 2.16. The van der Waals surface area contributed by atoms with E-state index in [1.165, 1.54) is 17.5 Å². The zero-order valence-electron chi connectivity index (χ0n) is 7.33. The number of halogens is 1. The summed E-state index contributed by atoms with van der Waals surface area (Å²) in [6.45, 7) is 2.68. The summed E-state index contributed by atoms with van der Waals surface area (Å²) in [6.07, 6.45) is 1.51. The van der Waals surface area contributed by atoms with Crippen molar-refractivity contribution in [3.63, 3.8) is 0 Å². The highest BCUT2D eigenvalue weighted by atomic mass is 35.5. The van der Waals surface area contributed by atoms with Crippen LogP contribution in [-0.2, 0) is 4.74 Å². The van der Waals surface area contributed by atoms with Gasteiger partial charge in [-0.05, 0) is 30.2 Å². The number of benzene rings is 1. The van der Waals surface area contributed by atoms with E-state index in [2.05, 4.69) is 4.99 Å². The van der Waals surface area contributed by atoms with Crippen molar-refractivity contribution in [2.45, 2.75) is 13.0 Å². The Kier molecular flexibility index (Phi) is 2.23. The van der Waals surface area contributed by atoms with Crippen molar-refractivity contribution < 1.29 is 4.74 Å². The maximum Gasteiger partial charge on any atom is 0.170 e. The van der Waals surface area contributed by atoms with Gasteiger partial charge in [-0.1, -0.05) is 17.7 Å². The quantitative estimate of drug-likeness (QED) is 0.675. The maximum atomic E-state index is 5.85. The molecule has 1 aromatic carbocycles. The third-order valence-electron chi connectivity index (χ3n) is 2.16. The molecule has 1 aliphatic rings. The van der Waals surface area contributed by atoms with Crippen molar-refractivity contribution in [2.75, 3.05) is 6.61 Å². The van der Waals surface area contributed by atoms with Gasteiger partial charge < -0.3 is 4.74 Å². The summed E-state index contributed by atoms with van der Waals surface area (Å²) < 4.78 is 5.07. The summed E-state index contributed by atoms with van der Waals surface area (Å²) in [5, 5.41) is 0.768. The molecule has 0 aliphatic carbocycles. The largest absolute Gasteiger partial charge is 0.481 e. The minimum absolute atomic E-state index is 0.150. The van der Waals surface area contributed by atoms with Gasteiger partial charge in [0.15, 0.2) is 6.40 Å². The average Bonchev–Trinajstić information content (AvgIpc) is 2.56. The van der Waals surface area contributed by atoms with Crippen LogP contribution in [0.5, 0.6) is 0 Å². The number of aryl methyl sites for hydroxylation is 1. The van der Waals surface area contributed by atoms with Crippen molar-refractivity contribution >= 4 is 18.0 Å². The van der Waals surface area contributed by atoms with E-state index < -0.39 is 0 Å². The second-order valence-electron chi connectivity index (χ2n) is 3.10. The van der Waals surface area contributed by atoms with E-state index in [1.807, 2.05) is 25.1 Å². The molecule has 13 heavy (non-hydrogen) atoms. The topological polar surface area (TPSA) is 21.6 Å². The molecule has 0 aromatic heterocycles. The lowest BCUT2D eigenvalue weighted by Gasteiger charge is -2.09. The fourth-order valence-corrected chi connectivity index (χ4v) is 1.70. The molecule has 0 N–H and O–H groups in total. The summed E-state index contributed by atoms with van der Waals surface area (Å²) in [6, 6.07) is 5.99. The number of hydrogen-bond acceptors (Lipinski definition) is 2. The fourth-order valence-electron chi connectivity index (χ4n) is 1.48. The van der Waals surface area contributed by atoms with Gasteiger partial charge in [0.1, 0.15) is 12.6 Å². The van der Waals surface area contributed by atoms with Gasteiger partial charge in [-0.2, -0.15) is 0 Å². The molecule has 2 rings (SSSR count). The van der Waals surface area contributed by atoms with Crippen LogP contribution in [0.1, 0.15) is 17.2 Å². The van der Waals surface area contributed by atoms with Crippen LogP contribution in [0.15, 0.2) is 23.2 Å². The van der Waals surface area contributed by atoms with Crippen LogP contribution < -0.4 is 0 Å². The Morgan fingerprint density at radius 3 is 3.00 bits per heavy atom. The Hall–Kier alpha value is -1.02. The smallest absolute Gasteiger partial charge is 0.170 e. The molecule has 2 nitrogen and oxygen atoms in total. The second-order valence-corrected chi connectivity index (χ2v) is 3.54. The van der Waals surface area contributed by atoms with Gasteiger partial charge >= 0.3 is 0 Å². The van der Waals surface area contributed by atoms with E-state index >= 15 is 0 Å². The van der Waals surface area contributed by atoms with E-state index in [1.54, 1.807) is 0 Å². The zero-order chi connectivity index (χ0) is 9.26. The molecule has 0 saturated heterocycles. The second kappa shape index (κ2) is 3.38. The number of hydrogen-bond donors (Lipinski definition) is 0. The first-order chi connectivity index (χ1) is 6.27. The summed E-state index contributed by atoms with van der Waals surface area (Å²) in [4.78, 5) is 4.21. The molecule has 1 unspecified atom stereocenters. The lowest BCUT2D eigenvalue weighted by atomic mass is 10.0. The minimum Gasteiger partial charge on any atom is -0.481 e. The Bertz CT molecular complexity index is 349. The van der Waals surface area contributed by atoms with Crippen LogP contribution in [0.4, 0.5) is 0 Å². The normalized spacial score (nSPS) is 20.3. The average molecular weight is 196 g/mol. The van der Waals surface area contributed by atoms with Crippen LogP contribution in [0.3, 0.4) is 0 Å². The first-order valence-corrected chi connectivity index (χ1v) is 4.54. The maximum absolute atomic E-state index is 5.85. The van der Waals surface area contributed by atoms with Gasteiger partial charge in [-0.25, -0.2) is 4.99 Å². The van der Waals surface area contributed by atoms with Crippen LogP contribution in [-0.4, -0.2) is 13.0 Å². The molecular weight excluding hydrogens is 186 g/mol. The van der Waals surface area contributed by atoms with E-state index in [0.717, 1.165) is 5.02 Å². The third kappa shape index (κ3) is 1.68. The van der Waals surface area contributed by atoms with Crippen molar-refractivity contribution in [3.05, 3.63) is 34.3 Å². The van der Waals surface area contributed by atoms with Crippen LogP contribution in [0, 0.1) is 6.92 Å². The molecule has 0 saturated carbocycles. The number of nitrogens with zero attached hydrogens (tertiary/aromatic N) is 1. The molecule has 1 aliphatic heterocycles. The van der Waals surface area contributed by atoms with E-state index in [4.69, 9.17) is 16.3 Å². The molecular formula is C10H10ClNO. The minimum atomic E-state index is 0.150. The van der Waals surface area contributed by atoms with E-state index in [0.29, 0.717) is 6.61 Å². The van der Waals surface area contributed by atoms with Crippen LogP contribution in [0.2, 0.25) is 5.02 Å². The van der Waals surface area contributed by atoms with Crippen molar-refractivity contribution in [1.82, 2.24) is 0 Å². The zero-order valence-corrected chi connectivity index (χ0v) is 8.08. The summed E-state index contributed by atoms with van der Waals surface area (Å²) >= 11 is 5.85. The Labute approximate surface area is 82.2 Å². The van der Waals surface area contributed by atoms with E-state index in [-0.39, 0.29) is 6.04 Å². The van der Waals surface area contributed by atoms with Gasteiger partial charge in [0.2, 0.25) is 0 Å². The molecule has 1 atom stereocenters. The molecule has 1 aromatic rings. The summed E-state index contributed by atoms with van der Waals surface area (Å²) in [5.74, 6) is 0. The van der Waals surface area contributed by atoms with Crippen molar-refractivity contribution in [2.24, 2.45) is 4.99 Å². The Balaban J connectivity index is 2.34. The molecule has 3 heteroatoms. The fraction of sp³-hybridized carbons (Fsp3) is 0.300. The number of aliphatic imine (C=N–C) groups is 1. The SMILES string of the molecule is Cc1cc(Cl)ccc1C1COC=N1. The van der Waals surface area contributed by atoms with Crippen molar-refractivity contribution in [1.29, 1.82) is 0 Å². The van der Waals surface area contributed by atoms with Gasteiger partial charge in [0.05, 0.1) is 0 Å². The van der Waals surface area contributed by atoms with Crippen molar-refractivity contribution in [3.8, 4) is 0 Å². The highest BCUT2D eigenvalue weighted by Crippen LogP contribution is 2.25. The van der Waals surface area contributed by atoms with E-state index in [9.17, 15) is 0 Å². The summed E-state index contributed by atoms with van der Waals surface area (Å²) in [7, 11) is 0. The number of rotatable bonds is 1. The first-order valence-electron chi connectivity index (χ1n) is 4.16. The first kappa shape index (κ1) is 8.57. The van der Waals surface area contributed by atoms with Crippen LogP contribution in [0.25, 0.3) is 0 Å². The molecule has 0 bridgehead atoms. The Morgan fingerprint density at radius 1 is 1.54 bits per heavy atom. The van der Waals surface area contributed by atoms with Crippen LogP contribution >= 0.6 is 11.6 Å². The van der Waals surface area contributed by atoms with Gasteiger partial charge in [0, 0.05) is 5.02 Å². The Morgan fingerprint density at radius 2 is 2.38 bits per heavy atom. The third-order valence-corrected chi connectivity index (χ3v) is 2.40. The highest BCUT2D eigenvalue weighted by molar-refractivity contribution is 6.30. The standard InChI is InChI=1S/C10H10ClNO/c1-7-4-8(11)2-3-9(7)10-5-13-6-12-10/h2-4,6,10H,5H2,1H3. The van der Waals surface area contributed by atoms with Gasteiger partial charge in [-0.3, -0.25) is 0 Å². The van der Waals surface area contributed by atoms with Gasteiger partial charge in [-0.15, -0.1) is 0 Å². The summed E-state index contributed by atoms with van der Waals surface area (Å²) in [5.41, 5.74) is 2.36. The molecule has 68 valence electrons. The molecule has 0 radical (unpaired) electrons. The monoisotopic (exact) mass is 195 g/mol. The lowest BCUT2D eigenvalue weighted by molar-refractivity contribution is 0.330. The van der Waals surface area contributed by atoms with Gasteiger partial charge in [0.25, 0.3) is 0 Å². The predicted molar refractivity (Wildman–Crippen MR) is 53.4 cm³/mol. The molecule has 0 spiro atoms. The molecule has 1 heterocycles. The lowest BCUT2D eigenvalue weighted by Crippen LogP contribution is -1.99. The predicted octanol–water partition coefficient (Wildman–Crippen LogP) is 2.75. The molecule has 0 fully saturated rings. The molecule has 0 amide bonds. The number of ether oxygens (including phenoxy) is 1.